The minimum absolute atomic E-state index is 0.113. The Hall–Kier alpha value is -2.69. The third-order valence-electron chi connectivity index (χ3n) is 5.24. The van der Waals surface area contributed by atoms with Crippen molar-refractivity contribution < 1.29 is 17.2 Å². The van der Waals surface area contributed by atoms with Crippen LogP contribution in [0, 0.1) is 5.41 Å². The number of imidazole rings is 1. The van der Waals surface area contributed by atoms with Crippen LogP contribution in [0.1, 0.15) is 31.9 Å². The molecule has 3 aromatic rings. The molecule has 1 unspecified atom stereocenters. The summed E-state index contributed by atoms with van der Waals surface area (Å²) in [6.45, 7) is 3.27. The van der Waals surface area contributed by atoms with Gasteiger partial charge in [0, 0.05) is 25.4 Å². The maximum absolute atomic E-state index is 13.1. The zero-order valence-electron chi connectivity index (χ0n) is 16.7. The predicted octanol–water partition coefficient (Wildman–Crippen LogP) is 2.78. The molecule has 3 aromatic heterocycles. The average Bonchev–Trinajstić information content (AvgIpc) is 3.09. The van der Waals surface area contributed by atoms with Crippen molar-refractivity contribution in [1.29, 1.82) is 0 Å². The molecule has 30 heavy (non-hydrogen) atoms. The molecule has 4 rings (SSSR count). The van der Waals surface area contributed by atoms with Gasteiger partial charge in [0.1, 0.15) is 33.4 Å². The molecule has 0 radical (unpaired) electrons. The van der Waals surface area contributed by atoms with E-state index in [-0.39, 0.29) is 16.9 Å². The first kappa shape index (κ1) is 20.6. The van der Waals surface area contributed by atoms with E-state index >= 15 is 0 Å². The van der Waals surface area contributed by atoms with Crippen molar-refractivity contribution in [2.45, 2.75) is 26.2 Å². The van der Waals surface area contributed by atoms with Crippen molar-refractivity contribution >= 4 is 21.3 Å². The van der Waals surface area contributed by atoms with E-state index in [1.807, 2.05) is 11.8 Å². The average molecular weight is 436 g/mol. The molecule has 1 fully saturated rings. The van der Waals surface area contributed by atoms with Gasteiger partial charge in [0.15, 0.2) is 5.65 Å². The zero-order valence-corrected chi connectivity index (χ0v) is 17.5. The van der Waals surface area contributed by atoms with Crippen molar-refractivity contribution in [3.63, 3.8) is 0 Å². The molecule has 0 aromatic carbocycles. The highest BCUT2D eigenvalue weighted by atomic mass is 32.2. The lowest BCUT2D eigenvalue weighted by Gasteiger charge is -2.40. The van der Waals surface area contributed by atoms with E-state index in [2.05, 4.69) is 20.1 Å². The monoisotopic (exact) mass is 436 g/mol. The first-order valence-electron chi connectivity index (χ1n) is 9.52. The van der Waals surface area contributed by atoms with Gasteiger partial charge in [0.25, 0.3) is 6.43 Å². The van der Waals surface area contributed by atoms with Gasteiger partial charge in [-0.25, -0.2) is 36.7 Å². The molecular weight excluding hydrogens is 414 g/mol. The second-order valence-corrected chi connectivity index (χ2v) is 10.3. The van der Waals surface area contributed by atoms with E-state index in [0.717, 1.165) is 19.4 Å². The summed E-state index contributed by atoms with van der Waals surface area (Å²) < 4.78 is 51.2. The van der Waals surface area contributed by atoms with Crippen LogP contribution in [0.15, 0.2) is 30.7 Å². The number of fused-ring (bicyclic) bond motifs is 1. The molecule has 1 atom stereocenters. The van der Waals surface area contributed by atoms with Crippen LogP contribution in [0.4, 0.5) is 14.6 Å². The van der Waals surface area contributed by atoms with Gasteiger partial charge in [-0.15, -0.1) is 0 Å². The lowest BCUT2D eigenvalue weighted by Crippen LogP contribution is -2.45. The van der Waals surface area contributed by atoms with Crippen molar-refractivity contribution in [3.05, 3.63) is 36.4 Å². The topological polar surface area (TPSA) is 93.4 Å². The highest BCUT2D eigenvalue weighted by Crippen LogP contribution is 2.33. The number of hydrogen-bond acceptors (Lipinski definition) is 7. The third-order valence-corrected chi connectivity index (χ3v) is 6.46. The minimum Gasteiger partial charge on any atom is -0.356 e. The summed E-state index contributed by atoms with van der Waals surface area (Å²) >= 11 is 0. The van der Waals surface area contributed by atoms with Gasteiger partial charge in [-0.1, -0.05) is 6.92 Å². The third kappa shape index (κ3) is 4.25. The summed E-state index contributed by atoms with van der Waals surface area (Å²) in [5, 5.41) is 3.98. The Bertz CT molecular complexity index is 1180. The Kier molecular flexibility index (Phi) is 5.16. The molecule has 0 aliphatic carbocycles. The summed E-state index contributed by atoms with van der Waals surface area (Å²) in [7, 11) is -3.11. The van der Waals surface area contributed by atoms with Crippen molar-refractivity contribution in [2.75, 3.05) is 30.0 Å². The lowest BCUT2D eigenvalue weighted by molar-refractivity contribution is 0.144. The number of alkyl halides is 2. The van der Waals surface area contributed by atoms with E-state index < -0.39 is 16.3 Å². The van der Waals surface area contributed by atoms with Crippen LogP contribution < -0.4 is 4.90 Å². The Morgan fingerprint density at radius 1 is 1.23 bits per heavy atom. The van der Waals surface area contributed by atoms with Crippen LogP contribution in [0.2, 0.25) is 0 Å². The Balaban J connectivity index is 1.66. The smallest absolute Gasteiger partial charge is 0.282 e. The number of rotatable bonds is 5. The molecule has 4 heterocycles. The maximum atomic E-state index is 13.1. The van der Waals surface area contributed by atoms with Crippen LogP contribution in [0.25, 0.3) is 17.0 Å². The van der Waals surface area contributed by atoms with E-state index in [0.29, 0.717) is 29.4 Å². The van der Waals surface area contributed by atoms with Crippen molar-refractivity contribution in [3.8, 4) is 11.4 Å². The molecule has 0 amide bonds. The van der Waals surface area contributed by atoms with Gasteiger partial charge in [0.05, 0.1) is 17.6 Å². The quantitative estimate of drug-likeness (QED) is 0.607. The van der Waals surface area contributed by atoms with Gasteiger partial charge in [-0.2, -0.15) is 5.10 Å². The number of piperidine rings is 1. The molecule has 8 nitrogen and oxygen atoms in total. The molecule has 0 spiro atoms. The Labute approximate surface area is 172 Å². The molecule has 0 bridgehead atoms. The standard InChI is InChI=1S/C19H22F2N6O2S/c1-19(11-30(2,28)29)6-3-7-26(10-19)17-8-14(23-12-24-17)15-9-22-16-5-4-13(18(20)21)25-27(15)16/h4-5,8-9,12,18H,3,6-7,10-11H2,1-2H3. The number of halogens is 2. The second kappa shape index (κ2) is 7.53. The molecule has 1 aliphatic heterocycles. The molecule has 160 valence electrons. The largest absolute Gasteiger partial charge is 0.356 e. The first-order valence-corrected chi connectivity index (χ1v) is 11.6. The first-order chi connectivity index (χ1) is 14.1. The summed E-state index contributed by atoms with van der Waals surface area (Å²) in [5.74, 6) is 0.765. The Morgan fingerprint density at radius 2 is 2.03 bits per heavy atom. The summed E-state index contributed by atoms with van der Waals surface area (Å²) in [5.41, 5.74) is 0.708. The van der Waals surface area contributed by atoms with Gasteiger partial charge < -0.3 is 4.90 Å². The van der Waals surface area contributed by atoms with Crippen LogP contribution in [-0.4, -0.2) is 58.1 Å². The molecule has 1 saturated heterocycles. The van der Waals surface area contributed by atoms with Crippen LogP contribution in [-0.2, 0) is 9.84 Å². The van der Waals surface area contributed by atoms with Crippen LogP contribution >= 0.6 is 0 Å². The van der Waals surface area contributed by atoms with E-state index in [1.54, 1.807) is 6.07 Å². The van der Waals surface area contributed by atoms with Crippen LogP contribution in [0.5, 0.6) is 0 Å². The Morgan fingerprint density at radius 3 is 2.77 bits per heavy atom. The van der Waals surface area contributed by atoms with Gasteiger partial charge in [0.2, 0.25) is 0 Å². The van der Waals surface area contributed by atoms with Gasteiger partial charge >= 0.3 is 0 Å². The highest BCUT2D eigenvalue weighted by molar-refractivity contribution is 7.90. The summed E-state index contributed by atoms with van der Waals surface area (Å²) in [6, 6.07) is 4.49. The van der Waals surface area contributed by atoms with Crippen molar-refractivity contribution in [2.24, 2.45) is 5.41 Å². The number of anilines is 1. The van der Waals surface area contributed by atoms with Gasteiger partial charge in [-0.05, 0) is 30.4 Å². The number of sulfone groups is 1. The minimum atomic E-state index is -3.11. The fraction of sp³-hybridized carbons (Fsp3) is 0.474. The maximum Gasteiger partial charge on any atom is 0.282 e. The molecule has 0 N–H and O–H groups in total. The lowest BCUT2D eigenvalue weighted by atomic mass is 9.84. The van der Waals surface area contributed by atoms with Gasteiger partial charge in [-0.3, -0.25) is 0 Å². The van der Waals surface area contributed by atoms with Crippen LogP contribution in [0.3, 0.4) is 0 Å². The SMILES string of the molecule is CC1(CS(C)(=O)=O)CCCN(c2cc(-c3cnc4ccc(C(F)F)nn34)ncn2)C1. The zero-order chi connectivity index (χ0) is 21.5. The fourth-order valence-corrected chi connectivity index (χ4v) is 5.60. The molecular formula is C19H22F2N6O2S. The van der Waals surface area contributed by atoms with E-state index in [9.17, 15) is 17.2 Å². The number of hydrogen-bond donors (Lipinski definition) is 0. The summed E-state index contributed by atoms with van der Waals surface area (Å²) in [6.07, 6.45) is 3.18. The highest BCUT2D eigenvalue weighted by Gasteiger charge is 2.34. The molecule has 1 aliphatic rings. The second-order valence-electron chi connectivity index (χ2n) is 8.14. The fourth-order valence-electron chi connectivity index (χ4n) is 4.10. The number of aromatic nitrogens is 5. The number of nitrogens with zero attached hydrogens (tertiary/aromatic N) is 6. The van der Waals surface area contributed by atoms with E-state index in [4.69, 9.17) is 0 Å². The predicted molar refractivity (Wildman–Crippen MR) is 108 cm³/mol. The van der Waals surface area contributed by atoms with E-state index in [1.165, 1.54) is 35.4 Å². The summed E-state index contributed by atoms with van der Waals surface area (Å²) in [4.78, 5) is 14.9. The van der Waals surface area contributed by atoms with Crippen molar-refractivity contribution in [1.82, 2.24) is 24.6 Å². The molecule has 11 heteroatoms. The normalized spacial score (nSPS) is 20.2. The molecule has 0 saturated carbocycles.